The van der Waals surface area contributed by atoms with Crippen LogP contribution in [0.15, 0.2) is 36.5 Å². The number of ether oxygens (including phenoxy) is 4. The molecule has 2 unspecified atom stereocenters. The van der Waals surface area contributed by atoms with Crippen molar-refractivity contribution in [2.24, 2.45) is 0 Å². The molecule has 0 spiro atoms. The van der Waals surface area contributed by atoms with Crippen molar-refractivity contribution < 1.29 is 42.9 Å². The summed E-state index contributed by atoms with van der Waals surface area (Å²) in [5.41, 5.74) is 0. The Hall–Kier alpha value is -2.49. The maximum absolute atomic E-state index is 12.8. The average molecular weight is 1050 g/mol. The predicted octanol–water partition coefficient (Wildman–Crippen LogP) is 18.9. The van der Waals surface area contributed by atoms with Gasteiger partial charge in [0.15, 0.2) is 6.10 Å². The average Bonchev–Trinajstić information content (AvgIpc) is 3.37. The van der Waals surface area contributed by atoms with E-state index in [2.05, 4.69) is 50.3 Å². The van der Waals surface area contributed by atoms with Crippen LogP contribution in [0, 0.1) is 0 Å². The van der Waals surface area contributed by atoms with Crippen LogP contribution in [0.2, 0.25) is 0 Å². The molecule has 0 heterocycles. The number of allylic oxidation sites excluding steroid dienone is 6. The maximum Gasteiger partial charge on any atom is 0.361 e. The van der Waals surface area contributed by atoms with Gasteiger partial charge in [0.25, 0.3) is 6.29 Å². The number of likely N-dealkylation sites (N-methyl/N-ethyl adjacent to an activating group) is 1. The Labute approximate surface area is 458 Å². The molecular weight excluding hydrogens is 923 g/mol. The summed E-state index contributed by atoms with van der Waals surface area (Å²) < 4.78 is 22.8. The first-order chi connectivity index (χ1) is 36.1. The molecule has 0 aromatic heterocycles. The number of hydrogen-bond donors (Lipinski definition) is 1. The normalized spacial score (nSPS) is 12.9. The molecule has 0 bridgehead atoms. The molecule has 0 saturated carbocycles. The van der Waals surface area contributed by atoms with Crippen LogP contribution in [0.4, 0.5) is 0 Å². The Kier molecular flexibility index (Phi) is 54.8. The zero-order valence-corrected chi connectivity index (χ0v) is 49.5. The summed E-state index contributed by atoms with van der Waals surface area (Å²) in [4.78, 5) is 37.3. The lowest BCUT2D eigenvalue weighted by atomic mass is 10.0. The van der Waals surface area contributed by atoms with E-state index in [1.165, 1.54) is 225 Å². The van der Waals surface area contributed by atoms with E-state index in [0.29, 0.717) is 17.4 Å². The van der Waals surface area contributed by atoms with Crippen molar-refractivity contribution in [1.29, 1.82) is 0 Å². The number of nitrogens with zero attached hydrogens (tertiary/aromatic N) is 1. The summed E-state index contributed by atoms with van der Waals surface area (Å²) in [6.45, 7) is 4.88. The number of aliphatic carboxylic acids is 1. The summed E-state index contributed by atoms with van der Waals surface area (Å²) in [6, 6.07) is 0. The Bertz CT molecular complexity index is 1310. The zero-order valence-electron chi connectivity index (χ0n) is 49.5. The molecule has 0 amide bonds. The lowest BCUT2D eigenvalue weighted by molar-refractivity contribution is -0.870. The van der Waals surface area contributed by atoms with Gasteiger partial charge in [0, 0.05) is 12.8 Å². The fourth-order valence-corrected chi connectivity index (χ4v) is 9.26. The minimum atomic E-state index is -1.50. The van der Waals surface area contributed by atoms with Crippen LogP contribution >= 0.6 is 0 Å². The minimum absolute atomic E-state index is 0.176. The van der Waals surface area contributed by atoms with E-state index < -0.39 is 18.4 Å². The summed E-state index contributed by atoms with van der Waals surface area (Å²) in [5, 5.41) is 9.68. The second-order valence-corrected chi connectivity index (χ2v) is 22.7. The van der Waals surface area contributed by atoms with Crippen molar-refractivity contribution in [3.63, 3.8) is 0 Å². The third-order valence-corrected chi connectivity index (χ3v) is 14.1. The summed E-state index contributed by atoms with van der Waals surface area (Å²) in [7, 11) is 5.97. The van der Waals surface area contributed by atoms with E-state index in [-0.39, 0.29) is 38.2 Å². The molecule has 9 nitrogen and oxygen atoms in total. The van der Waals surface area contributed by atoms with Gasteiger partial charge in [-0.05, 0) is 51.4 Å². The predicted molar refractivity (Wildman–Crippen MR) is 314 cm³/mol. The van der Waals surface area contributed by atoms with Gasteiger partial charge in [-0.25, -0.2) is 4.79 Å². The molecule has 0 aliphatic rings. The molecular formula is C65H122NO8+. The van der Waals surface area contributed by atoms with E-state index in [0.717, 1.165) is 51.4 Å². The van der Waals surface area contributed by atoms with E-state index >= 15 is 0 Å². The zero-order chi connectivity index (χ0) is 54.1. The number of carboxylic acid groups (broad SMARTS) is 1. The molecule has 0 saturated heterocycles. The number of unbranched alkanes of at least 4 members (excludes halogenated alkanes) is 38. The minimum Gasteiger partial charge on any atom is -0.477 e. The lowest BCUT2D eigenvalue weighted by Crippen LogP contribution is -2.40. The molecule has 0 aliphatic heterocycles. The number of quaternary nitrogens is 1. The molecule has 0 aromatic carbocycles. The molecule has 0 rings (SSSR count). The van der Waals surface area contributed by atoms with Crippen molar-refractivity contribution >= 4 is 17.9 Å². The number of rotatable bonds is 59. The summed E-state index contributed by atoms with van der Waals surface area (Å²) >= 11 is 0. The van der Waals surface area contributed by atoms with Crippen LogP contribution in [-0.4, -0.2) is 87.4 Å². The van der Waals surface area contributed by atoms with Crippen molar-refractivity contribution in [2.45, 2.75) is 315 Å². The lowest BCUT2D eigenvalue weighted by Gasteiger charge is -2.25. The first-order valence-corrected chi connectivity index (χ1v) is 31.7. The van der Waals surface area contributed by atoms with Gasteiger partial charge in [-0.3, -0.25) is 9.59 Å². The topological polar surface area (TPSA) is 108 Å². The molecule has 2 atom stereocenters. The monoisotopic (exact) mass is 1040 g/mol. The number of carbonyl (C=O) groups is 3. The molecule has 1 N–H and O–H groups in total. The van der Waals surface area contributed by atoms with Crippen molar-refractivity contribution in [3.05, 3.63) is 36.5 Å². The highest BCUT2D eigenvalue weighted by Gasteiger charge is 2.25. The van der Waals surface area contributed by atoms with Gasteiger partial charge in [-0.15, -0.1) is 0 Å². The Morgan fingerprint density at radius 3 is 1.08 bits per heavy atom. The van der Waals surface area contributed by atoms with Crippen molar-refractivity contribution in [1.82, 2.24) is 0 Å². The smallest absolute Gasteiger partial charge is 0.361 e. The third-order valence-electron chi connectivity index (χ3n) is 14.1. The summed E-state index contributed by atoms with van der Waals surface area (Å²) in [5.74, 6) is -1.99. The van der Waals surface area contributed by atoms with Gasteiger partial charge in [0.1, 0.15) is 13.2 Å². The number of esters is 2. The van der Waals surface area contributed by atoms with Gasteiger partial charge < -0.3 is 28.5 Å². The third kappa shape index (κ3) is 57.2. The largest absolute Gasteiger partial charge is 0.477 e. The standard InChI is InChI=1S/C65H121NO8/c1-6-8-10-12-14-16-18-19-20-21-22-23-24-25-26-27-28-29-30-31-32-33-34-35-36-37-38-39-40-41-42-43-44-45-46-48-50-52-54-56-63(68)74-61(60-73-65(64(69)70)71-58-57-66(3,4)5)59-72-62(67)55-53-51-49-47-17-15-13-11-9-7-2/h18-19,21-22,24-25,61,65H,6-17,20,23,26-60H2,1-5H3/p+1/b19-18-,22-21-,25-24-. The Morgan fingerprint density at radius 2 is 0.730 bits per heavy atom. The van der Waals surface area contributed by atoms with E-state index in [1.54, 1.807) is 0 Å². The van der Waals surface area contributed by atoms with E-state index in [1.807, 2.05) is 21.1 Å². The SMILES string of the molecule is CCCCCCC/C=C\C/C=C\C/C=C\CCCCCCCCCCCCCCCCCCCCCCCCCCC(=O)OC(COC(=O)CCCCCCCCCCCC)COC(OCC[N+](C)(C)C)C(=O)O. The molecule has 9 heteroatoms. The highest BCUT2D eigenvalue weighted by molar-refractivity contribution is 5.71. The van der Waals surface area contributed by atoms with Crippen LogP contribution in [0.3, 0.4) is 0 Å². The maximum atomic E-state index is 12.8. The van der Waals surface area contributed by atoms with Gasteiger partial charge >= 0.3 is 17.9 Å². The Balaban J connectivity index is 3.88. The molecule has 0 fully saturated rings. The van der Waals surface area contributed by atoms with Crippen LogP contribution < -0.4 is 0 Å². The fourth-order valence-electron chi connectivity index (χ4n) is 9.26. The molecule has 74 heavy (non-hydrogen) atoms. The number of carbonyl (C=O) groups excluding carboxylic acids is 2. The summed E-state index contributed by atoms with van der Waals surface area (Å²) in [6.07, 6.45) is 67.0. The first kappa shape index (κ1) is 71.5. The second-order valence-electron chi connectivity index (χ2n) is 22.7. The van der Waals surface area contributed by atoms with Crippen LogP contribution in [0.1, 0.15) is 303 Å². The van der Waals surface area contributed by atoms with Crippen molar-refractivity contribution in [3.8, 4) is 0 Å². The highest BCUT2D eigenvalue weighted by Crippen LogP contribution is 2.18. The van der Waals surface area contributed by atoms with Gasteiger partial charge in [-0.1, -0.05) is 275 Å². The van der Waals surface area contributed by atoms with Gasteiger partial charge in [-0.2, -0.15) is 0 Å². The van der Waals surface area contributed by atoms with Crippen LogP contribution in [0.5, 0.6) is 0 Å². The number of carboxylic acids is 1. The van der Waals surface area contributed by atoms with Crippen molar-refractivity contribution in [2.75, 3.05) is 47.5 Å². The molecule has 0 aromatic rings. The highest BCUT2D eigenvalue weighted by atomic mass is 16.7. The van der Waals surface area contributed by atoms with Crippen LogP contribution in [0.25, 0.3) is 0 Å². The van der Waals surface area contributed by atoms with Gasteiger partial charge in [0.05, 0.1) is 34.4 Å². The molecule has 0 aliphatic carbocycles. The van der Waals surface area contributed by atoms with E-state index in [9.17, 15) is 19.5 Å². The molecule has 434 valence electrons. The number of hydrogen-bond acceptors (Lipinski definition) is 7. The van der Waals surface area contributed by atoms with E-state index in [4.69, 9.17) is 18.9 Å². The van der Waals surface area contributed by atoms with Crippen LogP contribution in [-0.2, 0) is 33.3 Å². The Morgan fingerprint density at radius 1 is 0.405 bits per heavy atom. The molecule has 0 radical (unpaired) electrons. The quantitative estimate of drug-likeness (QED) is 0.0211. The van der Waals surface area contributed by atoms with Gasteiger partial charge in [0.2, 0.25) is 0 Å². The second kappa shape index (κ2) is 56.7. The fraction of sp³-hybridized carbons (Fsp3) is 0.862. The first-order valence-electron chi connectivity index (χ1n) is 31.7.